The third-order valence-corrected chi connectivity index (χ3v) is 5.46. The minimum absolute atomic E-state index is 0.0802. The molecule has 26 heavy (non-hydrogen) atoms. The highest BCUT2D eigenvalue weighted by molar-refractivity contribution is 6.36. The number of piperazine rings is 1. The molecule has 0 spiro atoms. The van der Waals surface area contributed by atoms with E-state index in [1.165, 1.54) is 16.8 Å². The van der Waals surface area contributed by atoms with Gasteiger partial charge in [0.2, 0.25) is 5.91 Å². The van der Waals surface area contributed by atoms with E-state index < -0.39 is 0 Å². The third kappa shape index (κ3) is 4.25. The van der Waals surface area contributed by atoms with Crippen molar-refractivity contribution in [3.05, 3.63) is 57.6 Å². The van der Waals surface area contributed by atoms with Gasteiger partial charge in [-0.05, 0) is 49.2 Å². The third-order valence-electron chi connectivity index (χ3n) is 4.91. The largest absolute Gasteiger partial charge is 0.375 e. The first kappa shape index (κ1) is 18.9. The van der Waals surface area contributed by atoms with E-state index in [9.17, 15) is 4.79 Å². The zero-order chi connectivity index (χ0) is 18.7. The minimum atomic E-state index is 0.0802. The highest BCUT2D eigenvalue weighted by Crippen LogP contribution is 2.26. The Morgan fingerprint density at radius 3 is 2.50 bits per heavy atom. The summed E-state index contributed by atoms with van der Waals surface area (Å²) in [6.45, 7) is 7.65. The van der Waals surface area contributed by atoms with E-state index in [4.69, 9.17) is 23.2 Å². The van der Waals surface area contributed by atoms with Gasteiger partial charge < -0.3 is 15.1 Å². The minimum Gasteiger partial charge on any atom is -0.375 e. The zero-order valence-corrected chi connectivity index (χ0v) is 16.6. The molecule has 6 heteroatoms. The van der Waals surface area contributed by atoms with Gasteiger partial charge in [-0.3, -0.25) is 4.79 Å². The number of nitrogens with one attached hydrogen (secondary N) is 1. The Morgan fingerprint density at radius 2 is 1.81 bits per heavy atom. The molecule has 0 aliphatic carbocycles. The molecule has 1 aliphatic heterocycles. The number of nitrogens with zero attached hydrogens (tertiary/aromatic N) is 2. The Balaban J connectivity index is 1.54. The molecule has 0 saturated carbocycles. The van der Waals surface area contributed by atoms with Gasteiger partial charge in [0.15, 0.2) is 0 Å². The summed E-state index contributed by atoms with van der Waals surface area (Å²) in [7, 11) is 0. The lowest BCUT2D eigenvalue weighted by Gasteiger charge is -2.37. The van der Waals surface area contributed by atoms with Crippen LogP contribution < -0.4 is 10.2 Å². The Kier molecular flexibility index (Phi) is 5.94. The molecule has 0 aromatic heterocycles. The van der Waals surface area contributed by atoms with Crippen LogP contribution in [0.3, 0.4) is 0 Å². The van der Waals surface area contributed by atoms with E-state index >= 15 is 0 Å². The van der Waals surface area contributed by atoms with Crippen LogP contribution in [-0.2, 0) is 4.79 Å². The summed E-state index contributed by atoms with van der Waals surface area (Å²) in [5.74, 6) is 0.0802. The Hall–Kier alpha value is -1.91. The monoisotopic (exact) mass is 391 g/mol. The first-order valence-electron chi connectivity index (χ1n) is 8.73. The molecule has 1 N–H and O–H groups in total. The van der Waals surface area contributed by atoms with Gasteiger partial charge in [-0.2, -0.15) is 0 Å². The summed E-state index contributed by atoms with van der Waals surface area (Å²) in [5.41, 5.74) is 4.60. The van der Waals surface area contributed by atoms with Gasteiger partial charge in [0.25, 0.3) is 0 Å². The molecular formula is C20H23Cl2N3O. The van der Waals surface area contributed by atoms with Gasteiger partial charge in [-0.15, -0.1) is 0 Å². The fraction of sp³-hybridized carbons (Fsp3) is 0.350. The first-order chi connectivity index (χ1) is 12.5. The van der Waals surface area contributed by atoms with Gasteiger partial charge in [0, 0.05) is 36.9 Å². The number of aryl methyl sites for hydroxylation is 1. The smallest absolute Gasteiger partial charge is 0.241 e. The number of amides is 1. The number of carbonyl (C=O) groups is 1. The van der Waals surface area contributed by atoms with Crippen LogP contribution in [-0.4, -0.2) is 43.5 Å². The van der Waals surface area contributed by atoms with Crippen molar-refractivity contribution in [1.82, 2.24) is 4.90 Å². The van der Waals surface area contributed by atoms with E-state index in [1.54, 1.807) is 18.2 Å². The molecule has 2 aromatic carbocycles. The van der Waals surface area contributed by atoms with Crippen molar-refractivity contribution >= 4 is 40.5 Å². The van der Waals surface area contributed by atoms with Crippen LogP contribution in [0, 0.1) is 13.8 Å². The predicted molar refractivity (Wildman–Crippen MR) is 110 cm³/mol. The number of hydrogen-bond acceptors (Lipinski definition) is 3. The number of anilines is 2. The fourth-order valence-electron chi connectivity index (χ4n) is 3.19. The molecule has 0 atom stereocenters. The fourth-order valence-corrected chi connectivity index (χ4v) is 3.67. The first-order valence-corrected chi connectivity index (χ1v) is 9.49. The number of rotatable bonds is 4. The molecule has 0 unspecified atom stereocenters. The maximum absolute atomic E-state index is 12.5. The van der Waals surface area contributed by atoms with Gasteiger partial charge >= 0.3 is 0 Å². The molecular weight excluding hydrogens is 369 g/mol. The molecule has 0 bridgehead atoms. The van der Waals surface area contributed by atoms with Crippen LogP contribution in [0.2, 0.25) is 10.0 Å². The molecule has 4 nitrogen and oxygen atoms in total. The van der Waals surface area contributed by atoms with E-state index in [1.807, 2.05) is 4.90 Å². The van der Waals surface area contributed by atoms with Crippen LogP contribution in [0.4, 0.5) is 11.4 Å². The van der Waals surface area contributed by atoms with E-state index in [0.29, 0.717) is 10.0 Å². The number of hydrogen-bond donors (Lipinski definition) is 1. The van der Waals surface area contributed by atoms with Crippen LogP contribution in [0.25, 0.3) is 0 Å². The summed E-state index contributed by atoms with van der Waals surface area (Å²) in [6.07, 6.45) is 0. The van der Waals surface area contributed by atoms with Crippen LogP contribution >= 0.6 is 23.2 Å². The van der Waals surface area contributed by atoms with Crippen molar-refractivity contribution in [2.45, 2.75) is 13.8 Å². The summed E-state index contributed by atoms with van der Waals surface area (Å²) in [4.78, 5) is 16.7. The van der Waals surface area contributed by atoms with Crippen molar-refractivity contribution in [2.24, 2.45) is 0 Å². The van der Waals surface area contributed by atoms with Crippen molar-refractivity contribution in [3.63, 3.8) is 0 Å². The lowest BCUT2D eigenvalue weighted by Crippen LogP contribution is -2.50. The van der Waals surface area contributed by atoms with Crippen LogP contribution in [0.1, 0.15) is 11.1 Å². The molecule has 138 valence electrons. The second-order valence-corrected chi connectivity index (χ2v) is 7.41. The summed E-state index contributed by atoms with van der Waals surface area (Å²) in [5, 5.41) is 4.20. The second-order valence-electron chi connectivity index (χ2n) is 6.56. The second kappa shape index (κ2) is 8.19. The average molecular weight is 392 g/mol. The van der Waals surface area contributed by atoms with Crippen LogP contribution in [0.15, 0.2) is 36.4 Å². The summed E-state index contributed by atoms with van der Waals surface area (Å²) in [6, 6.07) is 11.6. The topological polar surface area (TPSA) is 35.6 Å². The van der Waals surface area contributed by atoms with E-state index in [2.05, 4.69) is 42.3 Å². The van der Waals surface area contributed by atoms with Crippen molar-refractivity contribution in [2.75, 3.05) is 42.9 Å². The molecule has 1 aliphatic rings. The van der Waals surface area contributed by atoms with Crippen molar-refractivity contribution in [1.29, 1.82) is 0 Å². The van der Waals surface area contributed by atoms with E-state index in [0.717, 1.165) is 31.9 Å². The molecule has 2 aromatic rings. The maximum atomic E-state index is 12.5. The maximum Gasteiger partial charge on any atom is 0.241 e. The highest BCUT2D eigenvalue weighted by atomic mass is 35.5. The average Bonchev–Trinajstić information content (AvgIpc) is 2.63. The summed E-state index contributed by atoms with van der Waals surface area (Å²) >= 11 is 12.0. The van der Waals surface area contributed by atoms with Gasteiger partial charge in [-0.25, -0.2) is 0 Å². The normalized spacial score (nSPS) is 14.5. The van der Waals surface area contributed by atoms with Crippen LogP contribution in [0.5, 0.6) is 0 Å². The Bertz CT molecular complexity index is 802. The lowest BCUT2D eigenvalue weighted by atomic mass is 10.1. The molecule has 1 fully saturated rings. The standard InChI is InChI=1S/C20H23Cl2N3O/c1-14-4-3-5-19(15(14)2)24-8-10-25(11-9-24)20(26)13-23-18-7-6-16(21)12-17(18)22/h3-7,12,23H,8-11,13H2,1-2H3. The summed E-state index contributed by atoms with van der Waals surface area (Å²) < 4.78 is 0. The Morgan fingerprint density at radius 1 is 1.08 bits per heavy atom. The van der Waals surface area contributed by atoms with Crippen molar-refractivity contribution in [3.8, 4) is 0 Å². The molecule has 3 rings (SSSR count). The molecule has 1 saturated heterocycles. The highest BCUT2D eigenvalue weighted by Gasteiger charge is 2.22. The molecule has 0 radical (unpaired) electrons. The van der Waals surface area contributed by atoms with E-state index in [-0.39, 0.29) is 12.5 Å². The number of carbonyl (C=O) groups excluding carboxylic acids is 1. The van der Waals surface area contributed by atoms with Gasteiger partial charge in [0.1, 0.15) is 0 Å². The molecule has 1 amide bonds. The Labute approximate surface area is 164 Å². The van der Waals surface area contributed by atoms with Gasteiger partial charge in [-0.1, -0.05) is 35.3 Å². The number of benzene rings is 2. The SMILES string of the molecule is Cc1cccc(N2CCN(C(=O)CNc3ccc(Cl)cc3Cl)CC2)c1C. The quantitative estimate of drug-likeness (QED) is 0.839. The van der Waals surface area contributed by atoms with Crippen molar-refractivity contribution < 1.29 is 4.79 Å². The molecule has 1 heterocycles. The zero-order valence-electron chi connectivity index (χ0n) is 15.1. The predicted octanol–water partition coefficient (Wildman–Crippen LogP) is 4.37. The number of halogens is 2. The lowest BCUT2D eigenvalue weighted by molar-refractivity contribution is -0.129. The van der Waals surface area contributed by atoms with Gasteiger partial charge in [0.05, 0.1) is 17.3 Å².